The maximum Gasteiger partial charge on any atom is 0.116 e. The Balaban J connectivity index is 1.95. The van der Waals surface area contributed by atoms with Crippen LogP contribution in [-0.2, 0) is 0 Å². The molecule has 0 spiro atoms. The highest BCUT2D eigenvalue weighted by molar-refractivity contribution is 6.08. The maximum atomic E-state index is 9.70. The summed E-state index contributed by atoms with van der Waals surface area (Å²) in [7, 11) is 0. The average Bonchev–Trinajstić information content (AvgIpc) is 2.86. The highest BCUT2D eigenvalue weighted by Crippen LogP contribution is 2.37. The fourth-order valence-corrected chi connectivity index (χ4v) is 3.52. The lowest BCUT2D eigenvalue weighted by atomic mass is 9.86. The van der Waals surface area contributed by atoms with Crippen molar-refractivity contribution in [2.75, 3.05) is 0 Å². The highest BCUT2D eigenvalue weighted by atomic mass is 16.3. The average molecular weight is 266 g/mol. The van der Waals surface area contributed by atoms with Crippen LogP contribution in [0.2, 0.25) is 0 Å². The van der Waals surface area contributed by atoms with Gasteiger partial charge in [-0.15, -0.1) is 0 Å². The Kier molecular flexibility index (Phi) is 2.66. The first kappa shape index (κ1) is 11.8. The number of pyridine rings is 1. The molecule has 2 heterocycles. The molecule has 0 saturated heterocycles. The summed E-state index contributed by atoms with van der Waals surface area (Å²) in [6.45, 7) is 0. The van der Waals surface area contributed by atoms with Gasteiger partial charge in [-0.05, 0) is 37.1 Å². The lowest BCUT2D eigenvalue weighted by Crippen LogP contribution is -2.06. The molecule has 0 bridgehead atoms. The van der Waals surface area contributed by atoms with E-state index in [0.29, 0.717) is 11.7 Å². The van der Waals surface area contributed by atoms with Crippen molar-refractivity contribution in [1.29, 1.82) is 0 Å². The Labute approximate surface area is 117 Å². The van der Waals surface area contributed by atoms with Gasteiger partial charge in [-0.3, -0.25) is 4.98 Å². The number of H-pyrrole nitrogens is 1. The van der Waals surface area contributed by atoms with Crippen molar-refractivity contribution in [1.82, 2.24) is 9.97 Å². The number of rotatable bonds is 1. The van der Waals surface area contributed by atoms with Crippen LogP contribution in [0.3, 0.4) is 0 Å². The van der Waals surface area contributed by atoms with E-state index in [2.05, 4.69) is 9.97 Å². The summed E-state index contributed by atoms with van der Waals surface area (Å²) in [5.41, 5.74) is 3.43. The molecule has 0 aliphatic heterocycles. The zero-order valence-corrected chi connectivity index (χ0v) is 11.4. The largest absolute Gasteiger partial charge is 0.508 e. The number of fused-ring (bicyclic) bond motifs is 3. The normalized spacial score (nSPS) is 17.0. The number of hydrogen-bond donors (Lipinski definition) is 2. The number of aromatic nitrogens is 2. The molecule has 3 nitrogen and oxygen atoms in total. The molecule has 1 fully saturated rings. The predicted octanol–water partition coefficient (Wildman–Crippen LogP) is 4.47. The second-order valence-corrected chi connectivity index (χ2v) is 5.81. The van der Waals surface area contributed by atoms with E-state index in [1.165, 1.54) is 43.2 Å². The second kappa shape index (κ2) is 4.51. The van der Waals surface area contributed by atoms with Crippen LogP contribution in [0.25, 0.3) is 21.8 Å². The van der Waals surface area contributed by atoms with E-state index in [4.69, 9.17) is 0 Å². The number of nitrogens with zero attached hydrogens (tertiary/aromatic N) is 1. The minimum Gasteiger partial charge on any atom is -0.508 e. The van der Waals surface area contributed by atoms with Crippen molar-refractivity contribution in [3.8, 4) is 5.75 Å². The van der Waals surface area contributed by atoms with Crippen molar-refractivity contribution in [2.45, 2.75) is 38.0 Å². The summed E-state index contributed by atoms with van der Waals surface area (Å²) in [5, 5.41) is 12.0. The molecule has 0 amide bonds. The van der Waals surface area contributed by atoms with E-state index < -0.39 is 0 Å². The standard InChI is InChI=1S/C17H18N2O/c20-12-6-7-15-14(10-12)13-8-9-18-16(17(13)19-15)11-4-2-1-3-5-11/h6-11,19-20H,1-5H2. The number of phenolic OH excluding ortho intramolecular Hbond substituents is 1. The maximum absolute atomic E-state index is 9.70. The Morgan fingerprint density at radius 2 is 1.90 bits per heavy atom. The van der Waals surface area contributed by atoms with Crippen molar-refractivity contribution in [3.63, 3.8) is 0 Å². The van der Waals surface area contributed by atoms with E-state index in [9.17, 15) is 5.11 Å². The van der Waals surface area contributed by atoms with Gasteiger partial charge in [0.15, 0.2) is 0 Å². The number of aromatic amines is 1. The molecular weight excluding hydrogens is 248 g/mol. The fraction of sp³-hybridized carbons (Fsp3) is 0.353. The highest BCUT2D eigenvalue weighted by Gasteiger charge is 2.20. The molecule has 2 aromatic heterocycles. The number of nitrogens with one attached hydrogen (secondary N) is 1. The third-order valence-electron chi connectivity index (χ3n) is 4.53. The fourth-order valence-electron chi connectivity index (χ4n) is 3.52. The Morgan fingerprint density at radius 1 is 1.05 bits per heavy atom. The Hall–Kier alpha value is -2.03. The summed E-state index contributed by atoms with van der Waals surface area (Å²) in [6, 6.07) is 7.54. The molecule has 0 radical (unpaired) electrons. The molecule has 1 aromatic carbocycles. The molecule has 1 aliphatic carbocycles. The third kappa shape index (κ3) is 1.77. The molecule has 0 unspecified atom stereocenters. The van der Waals surface area contributed by atoms with Crippen LogP contribution < -0.4 is 0 Å². The van der Waals surface area contributed by atoms with E-state index in [1.807, 2.05) is 24.4 Å². The summed E-state index contributed by atoms with van der Waals surface area (Å²) in [6.07, 6.45) is 8.36. The van der Waals surface area contributed by atoms with Gasteiger partial charge < -0.3 is 10.1 Å². The van der Waals surface area contributed by atoms with Crippen LogP contribution >= 0.6 is 0 Å². The predicted molar refractivity (Wildman–Crippen MR) is 81.1 cm³/mol. The zero-order chi connectivity index (χ0) is 13.5. The summed E-state index contributed by atoms with van der Waals surface area (Å²) < 4.78 is 0. The first-order valence-electron chi connectivity index (χ1n) is 7.42. The minimum atomic E-state index is 0.314. The van der Waals surface area contributed by atoms with Crippen LogP contribution in [0, 0.1) is 0 Å². The minimum absolute atomic E-state index is 0.314. The lowest BCUT2D eigenvalue weighted by Gasteiger charge is -2.21. The molecule has 102 valence electrons. The van der Waals surface area contributed by atoms with Gasteiger partial charge in [0.1, 0.15) is 5.75 Å². The van der Waals surface area contributed by atoms with Crippen molar-refractivity contribution in [2.24, 2.45) is 0 Å². The van der Waals surface area contributed by atoms with Crippen LogP contribution in [-0.4, -0.2) is 15.1 Å². The SMILES string of the molecule is Oc1ccc2[nH]c3c(C4CCCCC4)nccc3c2c1. The lowest BCUT2D eigenvalue weighted by molar-refractivity contribution is 0.438. The van der Waals surface area contributed by atoms with Gasteiger partial charge in [0.05, 0.1) is 11.2 Å². The van der Waals surface area contributed by atoms with Crippen LogP contribution in [0.1, 0.15) is 43.7 Å². The smallest absolute Gasteiger partial charge is 0.116 e. The number of aromatic hydroxyl groups is 1. The zero-order valence-electron chi connectivity index (χ0n) is 11.4. The Morgan fingerprint density at radius 3 is 2.75 bits per heavy atom. The molecule has 4 rings (SSSR count). The van der Waals surface area contributed by atoms with Gasteiger partial charge in [-0.25, -0.2) is 0 Å². The van der Waals surface area contributed by atoms with Gasteiger partial charge in [0.2, 0.25) is 0 Å². The van der Waals surface area contributed by atoms with E-state index in [-0.39, 0.29) is 0 Å². The molecule has 0 atom stereocenters. The molecular formula is C17H18N2O. The van der Waals surface area contributed by atoms with Gasteiger partial charge in [-0.2, -0.15) is 0 Å². The first-order valence-corrected chi connectivity index (χ1v) is 7.42. The topological polar surface area (TPSA) is 48.9 Å². The van der Waals surface area contributed by atoms with Crippen molar-refractivity contribution in [3.05, 3.63) is 36.2 Å². The van der Waals surface area contributed by atoms with Gasteiger partial charge >= 0.3 is 0 Å². The number of phenols is 1. The van der Waals surface area contributed by atoms with Crippen LogP contribution in [0.15, 0.2) is 30.5 Å². The quantitative estimate of drug-likeness (QED) is 0.682. The van der Waals surface area contributed by atoms with E-state index in [1.54, 1.807) is 6.07 Å². The van der Waals surface area contributed by atoms with E-state index in [0.717, 1.165) is 16.4 Å². The van der Waals surface area contributed by atoms with E-state index >= 15 is 0 Å². The third-order valence-corrected chi connectivity index (χ3v) is 4.53. The van der Waals surface area contributed by atoms with Gasteiger partial charge in [0, 0.05) is 28.4 Å². The first-order chi connectivity index (χ1) is 9.83. The molecule has 2 N–H and O–H groups in total. The number of benzene rings is 1. The molecule has 3 aromatic rings. The molecule has 3 heteroatoms. The van der Waals surface area contributed by atoms with Crippen LogP contribution in [0.5, 0.6) is 5.75 Å². The van der Waals surface area contributed by atoms with Gasteiger partial charge in [-0.1, -0.05) is 19.3 Å². The summed E-state index contributed by atoms with van der Waals surface area (Å²) in [5.74, 6) is 0.892. The summed E-state index contributed by atoms with van der Waals surface area (Å²) in [4.78, 5) is 8.15. The summed E-state index contributed by atoms with van der Waals surface area (Å²) >= 11 is 0. The Bertz CT molecular complexity index is 769. The van der Waals surface area contributed by atoms with Gasteiger partial charge in [0.25, 0.3) is 0 Å². The van der Waals surface area contributed by atoms with Crippen molar-refractivity contribution < 1.29 is 5.11 Å². The monoisotopic (exact) mass is 266 g/mol. The van der Waals surface area contributed by atoms with Crippen LogP contribution in [0.4, 0.5) is 0 Å². The molecule has 1 aliphatic rings. The van der Waals surface area contributed by atoms with Crippen molar-refractivity contribution >= 4 is 21.8 Å². The second-order valence-electron chi connectivity index (χ2n) is 5.81. The molecule has 1 saturated carbocycles. The number of hydrogen-bond acceptors (Lipinski definition) is 2. The molecule has 20 heavy (non-hydrogen) atoms.